The van der Waals surface area contributed by atoms with Crippen molar-refractivity contribution < 1.29 is 4.79 Å². The minimum Gasteiger partial charge on any atom is -0.311 e. The summed E-state index contributed by atoms with van der Waals surface area (Å²) in [5.41, 5.74) is 1.97. The monoisotopic (exact) mass is 232 g/mol. The van der Waals surface area contributed by atoms with Crippen molar-refractivity contribution in [2.45, 2.75) is 19.4 Å². The molecule has 2 rings (SSSR count). The Morgan fingerprint density at radius 2 is 1.88 bits per heavy atom. The van der Waals surface area contributed by atoms with E-state index in [9.17, 15) is 4.79 Å². The molecule has 0 spiro atoms. The van der Waals surface area contributed by atoms with E-state index in [1.807, 2.05) is 24.3 Å². The van der Waals surface area contributed by atoms with Crippen LogP contribution >= 0.6 is 0 Å². The normalized spacial score (nSPS) is 16.2. The van der Waals surface area contributed by atoms with E-state index in [0.717, 1.165) is 31.5 Å². The number of benzene rings is 1. The fourth-order valence-electron chi connectivity index (χ4n) is 2.19. The number of carbonyl (C=O) groups excluding carboxylic acids is 1. The van der Waals surface area contributed by atoms with E-state index in [-0.39, 0.29) is 0 Å². The highest BCUT2D eigenvalue weighted by atomic mass is 16.1. The van der Waals surface area contributed by atoms with Gasteiger partial charge in [0.25, 0.3) is 0 Å². The predicted molar refractivity (Wildman–Crippen MR) is 69.2 cm³/mol. The summed E-state index contributed by atoms with van der Waals surface area (Å²) in [4.78, 5) is 13.0. The van der Waals surface area contributed by atoms with Crippen molar-refractivity contribution in [2.24, 2.45) is 0 Å². The van der Waals surface area contributed by atoms with Crippen LogP contribution in [0.25, 0.3) is 0 Å². The lowest BCUT2D eigenvalue weighted by Crippen LogP contribution is -2.29. The highest BCUT2D eigenvalue weighted by molar-refractivity contribution is 5.74. The summed E-state index contributed by atoms with van der Waals surface area (Å²) < 4.78 is 0. The van der Waals surface area contributed by atoms with Gasteiger partial charge in [0, 0.05) is 25.2 Å². The smallest absolute Gasteiger partial charge is 0.150 e. The van der Waals surface area contributed by atoms with Gasteiger partial charge in [0.05, 0.1) is 0 Å². The molecule has 1 aliphatic heterocycles. The van der Waals surface area contributed by atoms with E-state index in [0.29, 0.717) is 0 Å². The number of nitrogens with one attached hydrogen (secondary N) is 1. The van der Waals surface area contributed by atoms with Crippen molar-refractivity contribution >= 4 is 6.29 Å². The molecular weight excluding hydrogens is 212 g/mol. The number of aldehydes is 1. The van der Waals surface area contributed by atoms with Crippen LogP contribution in [0.1, 0.15) is 28.8 Å². The van der Waals surface area contributed by atoms with Crippen molar-refractivity contribution in [3.05, 3.63) is 35.4 Å². The van der Waals surface area contributed by atoms with Gasteiger partial charge in [-0.15, -0.1) is 0 Å². The average molecular weight is 232 g/mol. The third kappa shape index (κ3) is 3.95. The second-order valence-corrected chi connectivity index (χ2v) is 4.58. The standard InChI is InChI=1S/C14H20N2O/c17-12-14-5-3-13(4-6-14)11-15-7-10-16-8-1-2-9-16/h3-6,12,15H,1-2,7-11H2. The fourth-order valence-corrected chi connectivity index (χ4v) is 2.19. The molecule has 1 aromatic rings. The Bertz CT molecular complexity index is 342. The molecule has 0 aromatic heterocycles. The molecule has 1 aliphatic rings. The molecule has 0 unspecified atom stereocenters. The van der Waals surface area contributed by atoms with Gasteiger partial charge in [-0.1, -0.05) is 24.3 Å². The third-order valence-electron chi connectivity index (χ3n) is 3.25. The van der Waals surface area contributed by atoms with Crippen LogP contribution in [0.3, 0.4) is 0 Å². The Morgan fingerprint density at radius 3 is 2.53 bits per heavy atom. The van der Waals surface area contributed by atoms with E-state index in [2.05, 4.69) is 10.2 Å². The lowest BCUT2D eigenvalue weighted by molar-refractivity contribution is 0.112. The quantitative estimate of drug-likeness (QED) is 0.598. The zero-order valence-electron chi connectivity index (χ0n) is 10.2. The van der Waals surface area contributed by atoms with E-state index >= 15 is 0 Å². The Morgan fingerprint density at radius 1 is 1.18 bits per heavy atom. The predicted octanol–water partition coefficient (Wildman–Crippen LogP) is 1.68. The van der Waals surface area contributed by atoms with Crippen LogP contribution in [-0.2, 0) is 6.54 Å². The maximum Gasteiger partial charge on any atom is 0.150 e. The lowest BCUT2D eigenvalue weighted by Gasteiger charge is -2.14. The summed E-state index contributed by atoms with van der Waals surface area (Å²) in [5, 5.41) is 3.44. The Kier molecular flexibility index (Phi) is 4.71. The summed E-state index contributed by atoms with van der Waals surface area (Å²) in [6, 6.07) is 7.74. The minimum absolute atomic E-state index is 0.741. The molecule has 17 heavy (non-hydrogen) atoms. The van der Waals surface area contributed by atoms with Crippen molar-refractivity contribution in [3.63, 3.8) is 0 Å². The molecule has 1 N–H and O–H groups in total. The van der Waals surface area contributed by atoms with E-state index in [4.69, 9.17) is 0 Å². The lowest BCUT2D eigenvalue weighted by atomic mass is 10.1. The van der Waals surface area contributed by atoms with Crippen LogP contribution in [0.2, 0.25) is 0 Å². The first-order chi connectivity index (χ1) is 8.38. The SMILES string of the molecule is O=Cc1ccc(CNCCN2CCCC2)cc1. The fraction of sp³-hybridized carbons (Fsp3) is 0.500. The Hall–Kier alpha value is -1.19. The molecule has 1 aromatic carbocycles. The van der Waals surface area contributed by atoms with Gasteiger partial charge in [-0.3, -0.25) is 4.79 Å². The molecule has 3 heteroatoms. The third-order valence-corrected chi connectivity index (χ3v) is 3.25. The maximum atomic E-state index is 10.5. The van der Waals surface area contributed by atoms with Gasteiger partial charge in [-0.2, -0.15) is 0 Å². The van der Waals surface area contributed by atoms with Crippen LogP contribution < -0.4 is 5.32 Å². The molecule has 1 fully saturated rings. The molecule has 1 heterocycles. The molecular formula is C14H20N2O. The van der Waals surface area contributed by atoms with E-state index < -0.39 is 0 Å². The molecule has 0 bridgehead atoms. The molecule has 92 valence electrons. The highest BCUT2D eigenvalue weighted by Gasteiger charge is 2.09. The maximum absolute atomic E-state index is 10.5. The number of nitrogens with zero attached hydrogens (tertiary/aromatic N) is 1. The zero-order chi connectivity index (χ0) is 11.9. The van der Waals surface area contributed by atoms with E-state index in [1.165, 1.54) is 31.5 Å². The number of hydrogen-bond acceptors (Lipinski definition) is 3. The first-order valence-corrected chi connectivity index (χ1v) is 6.36. The molecule has 0 radical (unpaired) electrons. The Labute approximate surface area is 103 Å². The van der Waals surface area contributed by atoms with Crippen LogP contribution in [-0.4, -0.2) is 37.4 Å². The van der Waals surface area contributed by atoms with Crippen LogP contribution in [0, 0.1) is 0 Å². The summed E-state index contributed by atoms with van der Waals surface area (Å²) >= 11 is 0. The van der Waals surface area contributed by atoms with Crippen molar-refractivity contribution in [1.82, 2.24) is 10.2 Å². The Balaban J connectivity index is 1.65. The summed E-state index contributed by atoms with van der Waals surface area (Å²) in [7, 11) is 0. The van der Waals surface area contributed by atoms with Crippen LogP contribution in [0.5, 0.6) is 0 Å². The topological polar surface area (TPSA) is 32.3 Å². The van der Waals surface area contributed by atoms with Gasteiger partial charge in [-0.25, -0.2) is 0 Å². The first kappa shape index (κ1) is 12.3. The van der Waals surface area contributed by atoms with Gasteiger partial charge in [0.1, 0.15) is 6.29 Å². The number of hydrogen-bond donors (Lipinski definition) is 1. The number of carbonyl (C=O) groups is 1. The molecule has 0 amide bonds. The highest BCUT2D eigenvalue weighted by Crippen LogP contribution is 2.06. The zero-order valence-corrected chi connectivity index (χ0v) is 10.2. The van der Waals surface area contributed by atoms with Crippen LogP contribution in [0.4, 0.5) is 0 Å². The number of rotatable bonds is 6. The van der Waals surface area contributed by atoms with Gasteiger partial charge in [0.2, 0.25) is 0 Å². The van der Waals surface area contributed by atoms with Gasteiger partial charge < -0.3 is 10.2 Å². The van der Waals surface area contributed by atoms with E-state index in [1.54, 1.807) is 0 Å². The largest absolute Gasteiger partial charge is 0.311 e. The number of likely N-dealkylation sites (tertiary alicyclic amines) is 1. The molecule has 0 aliphatic carbocycles. The van der Waals surface area contributed by atoms with Gasteiger partial charge in [-0.05, 0) is 31.5 Å². The van der Waals surface area contributed by atoms with Gasteiger partial charge in [0.15, 0.2) is 0 Å². The minimum atomic E-state index is 0.741. The average Bonchev–Trinajstić information content (AvgIpc) is 2.88. The second kappa shape index (κ2) is 6.52. The van der Waals surface area contributed by atoms with Gasteiger partial charge >= 0.3 is 0 Å². The van der Waals surface area contributed by atoms with Crippen molar-refractivity contribution in [1.29, 1.82) is 0 Å². The van der Waals surface area contributed by atoms with Crippen molar-refractivity contribution in [2.75, 3.05) is 26.2 Å². The summed E-state index contributed by atoms with van der Waals surface area (Å²) in [6.07, 6.45) is 3.59. The summed E-state index contributed by atoms with van der Waals surface area (Å²) in [6.45, 7) is 5.58. The molecule has 1 saturated heterocycles. The van der Waals surface area contributed by atoms with Crippen LogP contribution in [0.15, 0.2) is 24.3 Å². The molecule has 0 atom stereocenters. The molecule has 3 nitrogen and oxygen atoms in total. The molecule has 0 saturated carbocycles. The van der Waals surface area contributed by atoms with Crippen molar-refractivity contribution in [3.8, 4) is 0 Å². The summed E-state index contributed by atoms with van der Waals surface area (Å²) in [5.74, 6) is 0. The first-order valence-electron chi connectivity index (χ1n) is 6.36. The second-order valence-electron chi connectivity index (χ2n) is 4.58.